The number of imide groups is 1. The second-order valence-electron chi connectivity index (χ2n) is 10.8. The number of anilines is 1. The van der Waals surface area contributed by atoms with E-state index in [1.807, 2.05) is 6.07 Å². The van der Waals surface area contributed by atoms with E-state index < -0.39 is 40.6 Å². The molecule has 2 saturated heterocycles. The van der Waals surface area contributed by atoms with E-state index in [1.165, 1.54) is 15.9 Å². The lowest BCUT2D eigenvalue weighted by molar-refractivity contribution is -0.150. The van der Waals surface area contributed by atoms with Gasteiger partial charge in [0.15, 0.2) is 11.6 Å². The number of nitrogens with zero attached hydrogens (tertiary/aromatic N) is 2. The van der Waals surface area contributed by atoms with E-state index >= 15 is 0 Å². The number of carbonyl (C=O) groups excluding carboxylic acids is 4. The first-order valence-electron chi connectivity index (χ1n) is 12.2. The predicted octanol–water partition coefficient (Wildman–Crippen LogP) is 3.31. The Balaban J connectivity index is 1.34. The minimum atomic E-state index is -1.00. The van der Waals surface area contributed by atoms with Crippen molar-refractivity contribution < 1.29 is 28.0 Å². The van der Waals surface area contributed by atoms with Crippen molar-refractivity contribution in [3.63, 3.8) is 0 Å². The van der Waals surface area contributed by atoms with Gasteiger partial charge in [-0.15, -0.1) is 0 Å². The van der Waals surface area contributed by atoms with Crippen molar-refractivity contribution in [2.45, 2.75) is 51.1 Å². The molecule has 2 heterocycles. The number of likely N-dealkylation sites (N-methyl/N-ethyl adjacent to an activating group) is 1. The van der Waals surface area contributed by atoms with E-state index in [4.69, 9.17) is 0 Å². The Hall–Kier alpha value is -3.82. The highest BCUT2D eigenvalue weighted by molar-refractivity contribution is 6.07. The molecular weight excluding hydrogens is 482 g/mol. The summed E-state index contributed by atoms with van der Waals surface area (Å²) in [6, 6.07) is 7.87. The number of piperidine rings is 1. The van der Waals surface area contributed by atoms with Gasteiger partial charge in [0.05, 0.1) is 6.04 Å². The van der Waals surface area contributed by atoms with Crippen molar-refractivity contribution in [3.8, 4) is 0 Å². The predicted molar refractivity (Wildman–Crippen MR) is 130 cm³/mol. The molecule has 10 heteroatoms. The summed E-state index contributed by atoms with van der Waals surface area (Å²) in [6.07, 6.45) is 1.77. The van der Waals surface area contributed by atoms with Crippen molar-refractivity contribution in [2.75, 3.05) is 18.9 Å². The molecule has 2 fully saturated rings. The fourth-order valence-corrected chi connectivity index (χ4v) is 5.67. The maximum atomic E-state index is 13.9. The molecule has 2 N–H and O–H groups in total. The Labute approximate surface area is 213 Å². The smallest absolute Gasteiger partial charge is 0.324 e. The van der Waals surface area contributed by atoms with Crippen LogP contribution in [-0.2, 0) is 27.2 Å². The molecule has 2 aromatic carbocycles. The van der Waals surface area contributed by atoms with Gasteiger partial charge in [0, 0.05) is 31.0 Å². The Kier molecular flexibility index (Phi) is 5.80. The van der Waals surface area contributed by atoms with E-state index in [-0.39, 0.29) is 18.4 Å². The average Bonchev–Trinajstić information content (AvgIpc) is 3.32. The molecule has 0 bridgehead atoms. The van der Waals surface area contributed by atoms with Crippen molar-refractivity contribution in [1.82, 2.24) is 15.1 Å². The summed E-state index contributed by atoms with van der Waals surface area (Å²) in [4.78, 5) is 53.7. The molecule has 8 nitrogen and oxygen atoms in total. The number of carbonyl (C=O) groups is 4. The molecule has 2 aliphatic heterocycles. The van der Waals surface area contributed by atoms with Crippen LogP contribution in [0.25, 0.3) is 0 Å². The van der Waals surface area contributed by atoms with E-state index in [0.29, 0.717) is 36.9 Å². The number of benzene rings is 2. The van der Waals surface area contributed by atoms with E-state index in [2.05, 4.69) is 10.6 Å². The number of hydrogen-bond acceptors (Lipinski definition) is 4. The fraction of sp³-hybridized carbons (Fsp3) is 0.407. The molecule has 2 atom stereocenters. The Morgan fingerprint density at radius 1 is 1.05 bits per heavy atom. The van der Waals surface area contributed by atoms with E-state index in [1.54, 1.807) is 33.0 Å². The van der Waals surface area contributed by atoms with Crippen LogP contribution in [0.5, 0.6) is 0 Å². The molecule has 5 rings (SSSR count). The van der Waals surface area contributed by atoms with Crippen LogP contribution >= 0.6 is 0 Å². The van der Waals surface area contributed by atoms with Gasteiger partial charge in [-0.25, -0.2) is 13.6 Å². The maximum absolute atomic E-state index is 13.9. The molecular formula is C27H28F2N4O4. The molecule has 37 heavy (non-hydrogen) atoms. The minimum Gasteiger partial charge on any atom is -0.326 e. The standard InChI is InChI=1S/C27H28F2N4O4/c1-26(2)9-8-21(15-5-7-19(28)20(29)11-15)33(24(26)36)14-22(34)30-18-6-4-16-12-27(13-17(16)10-18)23(35)31-25(37)32(27)3/h4-7,10-11,21H,8-9,12-14H2,1-3H3,(H,30,34)(H,31,35,37)/t21-,27?/m1/s1. The molecule has 194 valence electrons. The lowest BCUT2D eigenvalue weighted by atomic mass is 9.78. The maximum Gasteiger partial charge on any atom is 0.324 e. The monoisotopic (exact) mass is 510 g/mol. The normalized spacial score (nSPS) is 24.5. The number of fused-ring (bicyclic) bond motifs is 1. The van der Waals surface area contributed by atoms with Gasteiger partial charge in [0.2, 0.25) is 11.8 Å². The Bertz CT molecular complexity index is 1340. The van der Waals surface area contributed by atoms with Crippen LogP contribution in [0.15, 0.2) is 36.4 Å². The van der Waals surface area contributed by atoms with Gasteiger partial charge in [-0.1, -0.05) is 26.0 Å². The summed E-state index contributed by atoms with van der Waals surface area (Å²) in [5.74, 6) is -2.98. The van der Waals surface area contributed by atoms with E-state index in [9.17, 15) is 28.0 Å². The molecule has 3 aliphatic rings. The fourth-order valence-electron chi connectivity index (χ4n) is 5.67. The third kappa shape index (κ3) is 4.14. The van der Waals surface area contributed by atoms with Crippen LogP contribution in [0, 0.1) is 17.0 Å². The Morgan fingerprint density at radius 3 is 2.46 bits per heavy atom. The third-order valence-corrected chi connectivity index (χ3v) is 7.95. The molecule has 1 aliphatic carbocycles. The molecule has 1 unspecified atom stereocenters. The number of hydrogen-bond donors (Lipinski definition) is 2. The van der Waals surface area contributed by atoms with Crippen molar-refractivity contribution in [2.24, 2.45) is 5.41 Å². The third-order valence-electron chi connectivity index (χ3n) is 7.95. The zero-order valence-corrected chi connectivity index (χ0v) is 20.9. The van der Waals surface area contributed by atoms with E-state index in [0.717, 1.165) is 23.3 Å². The van der Waals surface area contributed by atoms with Crippen LogP contribution in [0.2, 0.25) is 0 Å². The van der Waals surface area contributed by atoms with Gasteiger partial charge in [-0.3, -0.25) is 19.7 Å². The number of urea groups is 1. The number of nitrogens with one attached hydrogen (secondary N) is 2. The summed E-state index contributed by atoms with van der Waals surface area (Å²) in [5, 5.41) is 5.18. The van der Waals surface area contributed by atoms with Gasteiger partial charge >= 0.3 is 6.03 Å². The second kappa shape index (κ2) is 8.64. The van der Waals surface area contributed by atoms with Crippen LogP contribution in [0.3, 0.4) is 0 Å². The SMILES string of the molecule is CN1C(=O)NC(=O)C12Cc1ccc(NC(=O)CN3C(=O)C(C)(C)CC[C@@H]3c3ccc(F)c(F)c3)cc1C2. The van der Waals surface area contributed by atoms with Crippen LogP contribution in [0.4, 0.5) is 19.3 Å². The summed E-state index contributed by atoms with van der Waals surface area (Å²) < 4.78 is 27.5. The highest BCUT2D eigenvalue weighted by Gasteiger charge is 2.54. The van der Waals surface area contributed by atoms with Gasteiger partial charge in [0.1, 0.15) is 12.1 Å². The van der Waals surface area contributed by atoms with Gasteiger partial charge in [-0.2, -0.15) is 0 Å². The molecule has 1 spiro atoms. The lowest BCUT2D eigenvalue weighted by Crippen LogP contribution is -2.50. The largest absolute Gasteiger partial charge is 0.326 e. The highest BCUT2D eigenvalue weighted by Crippen LogP contribution is 2.41. The second-order valence-corrected chi connectivity index (χ2v) is 10.8. The molecule has 0 radical (unpaired) electrons. The number of rotatable bonds is 4. The molecule has 0 aromatic heterocycles. The quantitative estimate of drug-likeness (QED) is 0.617. The first kappa shape index (κ1) is 24.9. The van der Waals surface area contributed by atoms with Crippen LogP contribution in [0.1, 0.15) is 49.4 Å². The summed E-state index contributed by atoms with van der Waals surface area (Å²) in [5.41, 5.74) is 1.05. The Morgan fingerprint density at radius 2 is 1.78 bits per heavy atom. The van der Waals surface area contributed by atoms with Gasteiger partial charge < -0.3 is 15.1 Å². The zero-order valence-electron chi connectivity index (χ0n) is 20.9. The summed E-state index contributed by atoms with van der Waals surface area (Å²) >= 11 is 0. The van der Waals surface area contributed by atoms with Crippen molar-refractivity contribution in [3.05, 3.63) is 64.7 Å². The molecule has 0 saturated carbocycles. The average molecular weight is 511 g/mol. The zero-order chi connectivity index (χ0) is 26.7. The van der Waals surface area contributed by atoms with Gasteiger partial charge in [-0.05, 0) is 53.8 Å². The summed E-state index contributed by atoms with van der Waals surface area (Å²) in [6.45, 7) is 3.35. The van der Waals surface area contributed by atoms with Crippen molar-refractivity contribution >= 4 is 29.4 Å². The number of likely N-dealkylation sites (tertiary alicyclic amines) is 1. The first-order valence-corrected chi connectivity index (χ1v) is 12.2. The molecule has 2 aromatic rings. The van der Waals surface area contributed by atoms with Gasteiger partial charge in [0.25, 0.3) is 5.91 Å². The number of halogens is 2. The van der Waals surface area contributed by atoms with Crippen LogP contribution in [-0.4, -0.2) is 52.7 Å². The minimum absolute atomic E-state index is 0.237. The summed E-state index contributed by atoms with van der Waals surface area (Å²) in [7, 11) is 1.59. The molecule has 5 amide bonds. The lowest BCUT2D eigenvalue weighted by Gasteiger charge is -2.43. The van der Waals surface area contributed by atoms with Crippen LogP contribution < -0.4 is 10.6 Å². The van der Waals surface area contributed by atoms with Crippen molar-refractivity contribution in [1.29, 1.82) is 0 Å². The first-order chi connectivity index (χ1) is 17.4. The topological polar surface area (TPSA) is 98.8 Å². The number of amides is 5. The highest BCUT2D eigenvalue weighted by atomic mass is 19.2.